The fourth-order valence-corrected chi connectivity index (χ4v) is 1.27. The van der Waals surface area contributed by atoms with E-state index in [1.165, 1.54) is 0 Å². The monoisotopic (exact) mass is 143 g/mol. The van der Waals surface area contributed by atoms with E-state index in [0.29, 0.717) is 6.04 Å². The van der Waals surface area contributed by atoms with E-state index in [2.05, 4.69) is 5.32 Å². The first kappa shape index (κ1) is 7.54. The van der Waals surface area contributed by atoms with Crippen LogP contribution in [0.5, 0.6) is 0 Å². The summed E-state index contributed by atoms with van der Waals surface area (Å²) in [4.78, 5) is 10.3. The van der Waals surface area contributed by atoms with Crippen molar-refractivity contribution in [2.45, 2.75) is 25.8 Å². The highest BCUT2D eigenvalue weighted by molar-refractivity contribution is 5.71. The Morgan fingerprint density at radius 2 is 2.30 bits per heavy atom. The lowest BCUT2D eigenvalue weighted by Gasteiger charge is -2.32. The van der Waals surface area contributed by atoms with Gasteiger partial charge >= 0.3 is 5.97 Å². The zero-order valence-corrected chi connectivity index (χ0v) is 6.13. The summed E-state index contributed by atoms with van der Waals surface area (Å²) >= 11 is 0. The molecular weight excluding hydrogens is 130 g/mol. The zero-order valence-electron chi connectivity index (χ0n) is 6.13. The Kier molecular flexibility index (Phi) is 2.27. The van der Waals surface area contributed by atoms with E-state index >= 15 is 0 Å². The van der Waals surface area contributed by atoms with Crippen LogP contribution < -0.4 is 5.32 Å². The Labute approximate surface area is 60.4 Å². The van der Waals surface area contributed by atoms with E-state index in [9.17, 15) is 4.79 Å². The van der Waals surface area contributed by atoms with Crippen LogP contribution in [-0.4, -0.2) is 23.7 Å². The number of carbonyl (C=O) groups is 1. The predicted molar refractivity (Wildman–Crippen MR) is 37.8 cm³/mol. The number of carboxylic acids is 1. The molecule has 0 saturated heterocycles. The molecule has 0 aromatic heterocycles. The molecule has 58 valence electrons. The van der Waals surface area contributed by atoms with Crippen molar-refractivity contribution in [1.29, 1.82) is 0 Å². The third-order valence-corrected chi connectivity index (χ3v) is 1.98. The molecule has 1 rings (SSSR count). The lowest BCUT2D eigenvalue weighted by Crippen LogP contribution is -2.43. The van der Waals surface area contributed by atoms with E-state index in [-0.39, 0.29) is 5.92 Å². The van der Waals surface area contributed by atoms with Crippen LogP contribution in [0.25, 0.3) is 0 Å². The molecule has 0 spiro atoms. The molecule has 0 aromatic carbocycles. The van der Waals surface area contributed by atoms with Gasteiger partial charge in [-0.15, -0.1) is 0 Å². The molecule has 2 N–H and O–H groups in total. The van der Waals surface area contributed by atoms with Gasteiger partial charge in [0.1, 0.15) is 0 Å². The molecule has 0 aliphatic heterocycles. The summed E-state index contributed by atoms with van der Waals surface area (Å²) in [7, 11) is 0. The van der Waals surface area contributed by atoms with E-state index in [1.807, 2.05) is 6.92 Å². The van der Waals surface area contributed by atoms with E-state index in [0.717, 1.165) is 19.4 Å². The van der Waals surface area contributed by atoms with Gasteiger partial charge < -0.3 is 10.4 Å². The van der Waals surface area contributed by atoms with Gasteiger partial charge in [-0.2, -0.15) is 0 Å². The maximum atomic E-state index is 10.3. The molecule has 0 radical (unpaired) electrons. The van der Waals surface area contributed by atoms with Gasteiger partial charge in [0.15, 0.2) is 0 Å². The Hall–Kier alpha value is -0.570. The second kappa shape index (κ2) is 3.01. The third kappa shape index (κ3) is 1.48. The van der Waals surface area contributed by atoms with Gasteiger partial charge in [-0.1, -0.05) is 6.92 Å². The Morgan fingerprint density at radius 1 is 1.70 bits per heavy atom. The summed E-state index contributed by atoms with van der Waals surface area (Å²) in [5.41, 5.74) is 0. The highest BCUT2D eigenvalue weighted by Crippen LogP contribution is 2.26. The largest absolute Gasteiger partial charge is 0.481 e. The van der Waals surface area contributed by atoms with Gasteiger partial charge in [0.2, 0.25) is 0 Å². The average Bonchev–Trinajstić information content (AvgIpc) is 1.76. The highest BCUT2D eigenvalue weighted by atomic mass is 16.4. The van der Waals surface area contributed by atoms with Crippen LogP contribution in [0.1, 0.15) is 19.8 Å². The Morgan fingerprint density at radius 3 is 2.70 bits per heavy atom. The lowest BCUT2D eigenvalue weighted by atomic mass is 9.80. The van der Waals surface area contributed by atoms with Crippen molar-refractivity contribution in [3.05, 3.63) is 0 Å². The maximum Gasteiger partial charge on any atom is 0.306 e. The smallest absolute Gasteiger partial charge is 0.306 e. The molecule has 1 fully saturated rings. The van der Waals surface area contributed by atoms with Gasteiger partial charge in [0.05, 0.1) is 5.92 Å². The summed E-state index contributed by atoms with van der Waals surface area (Å²) in [6.07, 6.45) is 1.62. The highest BCUT2D eigenvalue weighted by Gasteiger charge is 2.33. The van der Waals surface area contributed by atoms with Crippen LogP contribution >= 0.6 is 0 Å². The van der Waals surface area contributed by atoms with Crippen molar-refractivity contribution < 1.29 is 9.90 Å². The topological polar surface area (TPSA) is 49.3 Å². The molecule has 0 atom stereocenters. The number of aliphatic carboxylic acids is 1. The number of nitrogens with one attached hydrogen (secondary N) is 1. The predicted octanol–water partition coefficient (Wildman–Crippen LogP) is 0.459. The van der Waals surface area contributed by atoms with Gasteiger partial charge in [0.25, 0.3) is 0 Å². The number of rotatable bonds is 3. The molecule has 1 saturated carbocycles. The van der Waals surface area contributed by atoms with E-state index < -0.39 is 5.97 Å². The molecule has 10 heavy (non-hydrogen) atoms. The number of hydrogen-bond acceptors (Lipinski definition) is 2. The minimum atomic E-state index is -0.644. The minimum absolute atomic E-state index is 0.0796. The second-order valence-electron chi connectivity index (χ2n) is 2.76. The normalized spacial score (nSPS) is 31.3. The van der Waals surface area contributed by atoms with Crippen LogP contribution in [0.15, 0.2) is 0 Å². The number of hydrogen-bond donors (Lipinski definition) is 2. The first-order valence-corrected chi connectivity index (χ1v) is 3.70. The summed E-state index contributed by atoms with van der Waals surface area (Å²) in [6.45, 7) is 2.98. The minimum Gasteiger partial charge on any atom is -0.481 e. The fraction of sp³-hybridized carbons (Fsp3) is 0.857. The molecule has 1 aliphatic rings. The molecule has 1 aliphatic carbocycles. The molecule has 3 heteroatoms. The molecule has 0 aromatic rings. The standard InChI is InChI=1S/C7H13NO2/c1-2-8-6-3-5(4-6)7(9)10/h5-6,8H,2-4H2,1H3,(H,9,10). The Bertz CT molecular complexity index is 130. The van der Waals surface area contributed by atoms with Gasteiger partial charge in [-0.05, 0) is 19.4 Å². The summed E-state index contributed by atoms with van der Waals surface area (Å²) in [5, 5.41) is 11.7. The third-order valence-electron chi connectivity index (χ3n) is 1.98. The van der Waals surface area contributed by atoms with Crippen molar-refractivity contribution in [3.63, 3.8) is 0 Å². The van der Waals surface area contributed by atoms with Gasteiger partial charge in [0, 0.05) is 6.04 Å². The van der Waals surface area contributed by atoms with Crippen LogP contribution in [0, 0.1) is 5.92 Å². The van der Waals surface area contributed by atoms with E-state index in [4.69, 9.17) is 5.11 Å². The second-order valence-corrected chi connectivity index (χ2v) is 2.76. The molecular formula is C7H13NO2. The van der Waals surface area contributed by atoms with Crippen molar-refractivity contribution in [1.82, 2.24) is 5.32 Å². The number of carboxylic acid groups (broad SMARTS) is 1. The quantitative estimate of drug-likeness (QED) is 0.603. The molecule has 0 bridgehead atoms. The maximum absolute atomic E-state index is 10.3. The van der Waals surface area contributed by atoms with Crippen molar-refractivity contribution >= 4 is 5.97 Å². The lowest BCUT2D eigenvalue weighted by molar-refractivity contribution is -0.145. The van der Waals surface area contributed by atoms with Crippen LogP contribution in [0.3, 0.4) is 0 Å². The summed E-state index contributed by atoms with van der Waals surface area (Å²) in [6, 6.07) is 0.464. The molecule has 0 amide bonds. The van der Waals surface area contributed by atoms with Crippen molar-refractivity contribution in [3.8, 4) is 0 Å². The van der Waals surface area contributed by atoms with E-state index in [1.54, 1.807) is 0 Å². The Balaban J connectivity index is 2.12. The summed E-state index contributed by atoms with van der Waals surface area (Å²) in [5.74, 6) is -0.724. The van der Waals surface area contributed by atoms with Crippen molar-refractivity contribution in [2.24, 2.45) is 5.92 Å². The molecule has 3 nitrogen and oxygen atoms in total. The van der Waals surface area contributed by atoms with Crippen LogP contribution in [-0.2, 0) is 4.79 Å². The first-order chi connectivity index (χ1) is 4.74. The summed E-state index contributed by atoms with van der Waals surface area (Å²) < 4.78 is 0. The van der Waals surface area contributed by atoms with Crippen LogP contribution in [0.2, 0.25) is 0 Å². The fourth-order valence-electron chi connectivity index (χ4n) is 1.27. The molecule has 0 heterocycles. The molecule has 0 unspecified atom stereocenters. The van der Waals surface area contributed by atoms with Gasteiger partial charge in [-0.25, -0.2) is 0 Å². The zero-order chi connectivity index (χ0) is 7.56. The van der Waals surface area contributed by atoms with Gasteiger partial charge in [-0.3, -0.25) is 4.79 Å². The average molecular weight is 143 g/mol. The SMILES string of the molecule is CCNC1CC(C(=O)O)C1. The van der Waals surface area contributed by atoms with Crippen molar-refractivity contribution in [2.75, 3.05) is 6.54 Å². The van der Waals surface area contributed by atoms with Crippen LogP contribution in [0.4, 0.5) is 0 Å². The first-order valence-electron chi connectivity index (χ1n) is 3.70.